The van der Waals surface area contributed by atoms with E-state index in [-0.39, 0.29) is 17.9 Å². The summed E-state index contributed by atoms with van der Waals surface area (Å²) in [6.45, 7) is 2.79. The number of hydrogen-bond acceptors (Lipinski definition) is 5. The number of rotatable bonds is 7. The number of carbonyl (C=O) groups is 1. The zero-order valence-corrected chi connectivity index (χ0v) is 17.8. The molecular formula is C25H28N4O2. The molecule has 0 aliphatic carbocycles. The molecule has 1 aliphatic heterocycles. The van der Waals surface area contributed by atoms with Crippen molar-refractivity contribution in [1.82, 2.24) is 20.2 Å². The Balaban J connectivity index is 1.51. The van der Waals surface area contributed by atoms with Crippen LogP contribution in [0.3, 0.4) is 0 Å². The first-order chi connectivity index (χ1) is 15.2. The minimum Gasteiger partial charge on any atom is -0.497 e. The number of likely N-dealkylation sites (tertiary alicyclic amines) is 1. The summed E-state index contributed by atoms with van der Waals surface area (Å²) < 4.78 is 5.37. The van der Waals surface area contributed by atoms with Crippen LogP contribution >= 0.6 is 0 Å². The highest BCUT2D eigenvalue weighted by Crippen LogP contribution is 2.30. The molecule has 3 heterocycles. The topological polar surface area (TPSA) is 67.3 Å². The van der Waals surface area contributed by atoms with Gasteiger partial charge in [-0.1, -0.05) is 24.3 Å². The largest absolute Gasteiger partial charge is 0.497 e. The van der Waals surface area contributed by atoms with E-state index in [2.05, 4.69) is 32.3 Å². The van der Waals surface area contributed by atoms with E-state index in [1.54, 1.807) is 25.6 Å². The van der Waals surface area contributed by atoms with Crippen molar-refractivity contribution in [2.24, 2.45) is 5.92 Å². The van der Waals surface area contributed by atoms with Gasteiger partial charge in [-0.25, -0.2) is 0 Å². The van der Waals surface area contributed by atoms with Gasteiger partial charge in [0.05, 0.1) is 18.8 Å². The maximum absolute atomic E-state index is 12.9. The van der Waals surface area contributed by atoms with E-state index in [0.29, 0.717) is 5.69 Å². The monoisotopic (exact) mass is 416 g/mol. The fraction of sp³-hybridized carbons (Fsp3) is 0.320. The molecule has 1 N–H and O–H groups in total. The first kappa shape index (κ1) is 21.0. The number of nitrogens with one attached hydrogen (secondary N) is 1. The van der Waals surface area contributed by atoms with Gasteiger partial charge >= 0.3 is 0 Å². The number of methoxy groups -OCH3 is 1. The maximum Gasteiger partial charge on any atom is 0.270 e. The van der Waals surface area contributed by atoms with Crippen molar-refractivity contribution in [3.8, 4) is 5.75 Å². The van der Waals surface area contributed by atoms with Crippen molar-refractivity contribution in [1.29, 1.82) is 0 Å². The Morgan fingerprint density at radius 3 is 2.71 bits per heavy atom. The van der Waals surface area contributed by atoms with Gasteiger partial charge in [0.15, 0.2) is 0 Å². The average molecular weight is 417 g/mol. The summed E-state index contributed by atoms with van der Waals surface area (Å²) in [5.74, 6) is 0.975. The molecule has 1 saturated heterocycles. The second-order valence-corrected chi connectivity index (χ2v) is 7.91. The molecule has 31 heavy (non-hydrogen) atoms. The second kappa shape index (κ2) is 10.2. The summed E-state index contributed by atoms with van der Waals surface area (Å²) in [7, 11) is 1.69. The molecule has 0 radical (unpaired) electrons. The third-order valence-electron chi connectivity index (χ3n) is 5.74. The molecule has 6 heteroatoms. The highest BCUT2D eigenvalue weighted by Gasteiger charge is 2.31. The number of carbonyl (C=O) groups excluding carboxylic acids is 1. The Kier molecular flexibility index (Phi) is 6.89. The summed E-state index contributed by atoms with van der Waals surface area (Å²) in [5, 5.41) is 3.21. The predicted molar refractivity (Wildman–Crippen MR) is 120 cm³/mol. The van der Waals surface area contributed by atoms with Crippen LogP contribution < -0.4 is 10.1 Å². The Morgan fingerprint density at radius 2 is 1.97 bits per heavy atom. The minimum absolute atomic E-state index is 0.163. The van der Waals surface area contributed by atoms with Crippen molar-refractivity contribution in [3.05, 3.63) is 90.0 Å². The van der Waals surface area contributed by atoms with Gasteiger partial charge in [-0.3, -0.25) is 19.7 Å². The molecule has 0 bridgehead atoms. The predicted octanol–water partition coefficient (Wildman–Crippen LogP) is 3.87. The number of hydrogen-bond donors (Lipinski definition) is 1. The van der Waals surface area contributed by atoms with Crippen molar-refractivity contribution in [2.75, 3.05) is 20.2 Å². The molecule has 2 unspecified atom stereocenters. The van der Waals surface area contributed by atoms with Gasteiger partial charge in [0.2, 0.25) is 0 Å². The number of aromatic nitrogens is 2. The van der Waals surface area contributed by atoms with E-state index in [9.17, 15) is 4.79 Å². The highest BCUT2D eigenvalue weighted by molar-refractivity contribution is 5.92. The van der Waals surface area contributed by atoms with Crippen LogP contribution in [0.15, 0.2) is 73.1 Å². The van der Waals surface area contributed by atoms with Crippen molar-refractivity contribution >= 4 is 5.91 Å². The molecule has 1 aliphatic rings. The summed E-state index contributed by atoms with van der Waals surface area (Å²) in [4.78, 5) is 24.1. The van der Waals surface area contributed by atoms with Crippen LogP contribution in [0.2, 0.25) is 0 Å². The smallest absolute Gasteiger partial charge is 0.270 e. The fourth-order valence-corrected chi connectivity index (χ4v) is 4.24. The number of piperidine rings is 1. The Hall–Kier alpha value is -3.25. The van der Waals surface area contributed by atoms with E-state index in [0.717, 1.165) is 43.9 Å². The van der Waals surface area contributed by atoms with E-state index in [1.165, 1.54) is 5.56 Å². The normalized spacial score (nSPS) is 17.6. The van der Waals surface area contributed by atoms with Crippen molar-refractivity contribution < 1.29 is 9.53 Å². The zero-order valence-electron chi connectivity index (χ0n) is 17.8. The first-order valence-corrected chi connectivity index (χ1v) is 10.7. The standard InChI is InChI=1S/C25H28N4O2/c1-31-21-10-6-8-19(16-21)17-29-15-7-9-20(18-29)24(22-11-2-4-13-26-22)28-25(30)23-12-3-5-14-27-23/h2-6,8,10-14,16,20,24H,7,9,15,17-18H2,1H3,(H,28,30). The molecule has 2 atom stereocenters. The van der Waals surface area contributed by atoms with Crippen LogP contribution in [0, 0.1) is 5.92 Å². The molecule has 1 aromatic carbocycles. The third-order valence-corrected chi connectivity index (χ3v) is 5.74. The maximum atomic E-state index is 12.9. The summed E-state index contributed by atoms with van der Waals surface area (Å²) in [6, 6.07) is 19.3. The third kappa shape index (κ3) is 5.47. The second-order valence-electron chi connectivity index (χ2n) is 7.91. The number of pyridine rings is 2. The van der Waals surface area contributed by atoms with Gasteiger partial charge in [0, 0.05) is 25.5 Å². The fourth-order valence-electron chi connectivity index (χ4n) is 4.24. The average Bonchev–Trinajstić information content (AvgIpc) is 2.84. The van der Waals surface area contributed by atoms with E-state index < -0.39 is 0 Å². The Bertz CT molecular complexity index is 981. The minimum atomic E-state index is -0.166. The number of nitrogens with zero attached hydrogens (tertiary/aromatic N) is 3. The van der Waals surface area contributed by atoms with Gasteiger partial charge < -0.3 is 10.1 Å². The van der Waals surface area contributed by atoms with Crippen LogP contribution in [0.4, 0.5) is 0 Å². The molecule has 3 aromatic rings. The molecular weight excluding hydrogens is 388 g/mol. The summed E-state index contributed by atoms with van der Waals surface area (Å²) in [5.41, 5.74) is 2.54. The molecule has 1 fully saturated rings. The Labute approximate surface area is 183 Å². The molecule has 6 nitrogen and oxygen atoms in total. The molecule has 160 valence electrons. The van der Waals surface area contributed by atoms with Crippen LogP contribution in [0.5, 0.6) is 5.75 Å². The van der Waals surface area contributed by atoms with Gasteiger partial charge in [0.1, 0.15) is 11.4 Å². The van der Waals surface area contributed by atoms with E-state index >= 15 is 0 Å². The Morgan fingerprint density at radius 1 is 1.13 bits per heavy atom. The van der Waals surface area contributed by atoms with Crippen LogP contribution in [0.25, 0.3) is 0 Å². The van der Waals surface area contributed by atoms with Crippen LogP contribution in [-0.4, -0.2) is 41.0 Å². The first-order valence-electron chi connectivity index (χ1n) is 10.7. The lowest BCUT2D eigenvalue weighted by molar-refractivity contribution is 0.0870. The van der Waals surface area contributed by atoms with E-state index in [4.69, 9.17) is 4.74 Å². The molecule has 0 saturated carbocycles. The number of ether oxygens (including phenoxy) is 1. The molecule has 4 rings (SSSR count). The lowest BCUT2D eigenvalue weighted by atomic mass is 9.88. The van der Waals surface area contributed by atoms with Crippen LogP contribution in [-0.2, 0) is 6.54 Å². The lowest BCUT2D eigenvalue weighted by Gasteiger charge is -2.37. The molecule has 1 amide bonds. The zero-order chi connectivity index (χ0) is 21.5. The van der Waals surface area contributed by atoms with Gasteiger partial charge in [-0.15, -0.1) is 0 Å². The van der Waals surface area contributed by atoms with Crippen molar-refractivity contribution in [2.45, 2.75) is 25.4 Å². The lowest BCUT2D eigenvalue weighted by Crippen LogP contribution is -2.43. The summed E-state index contributed by atoms with van der Waals surface area (Å²) in [6.07, 6.45) is 5.54. The highest BCUT2D eigenvalue weighted by atomic mass is 16.5. The van der Waals surface area contributed by atoms with Crippen LogP contribution in [0.1, 0.15) is 40.6 Å². The summed E-state index contributed by atoms with van der Waals surface area (Å²) >= 11 is 0. The number of benzene rings is 1. The van der Waals surface area contributed by atoms with Gasteiger partial charge in [-0.2, -0.15) is 0 Å². The van der Waals surface area contributed by atoms with Crippen molar-refractivity contribution in [3.63, 3.8) is 0 Å². The number of amides is 1. The van der Waals surface area contributed by atoms with E-state index in [1.807, 2.05) is 42.5 Å². The van der Waals surface area contributed by atoms with Gasteiger partial charge in [-0.05, 0) is 67.3 Å². The quantitative estimate of drug-likeness (QED) is 0.633. The SMILES string of the molecule is COc1cccc(CN2CCCC(C(NC(=O)c3ccccn3)c3ccccn3)C2)c1. The van der Waals surface area contributed by atoms with Gasteiger partial charge in [0.25, 0.3) is 5.91 Å². The molecule has 0 spiro atoms. The molecule has 2 aromatic heterocycles.